The Morgan fingerprint density at radius 2 is 1.82 bits per heavy atom. The maximum absolute atomic E-state index is 4.06. The van der Waals surface area contributed by atoms with Crippen LogP contribution in [0.2, 0.25) is 0 Å². The molecule has 17 heavy (non-hydrogen) atoms. The molecule has 0 aliphatic carbocycles. The van der Waals surface area contributed by atoms with Crippen molar-refractivity contribution in [1.29, 1.82) is 0 Å². The fraction of sp³-hybridized carbons (Fsp3) is 0.412. The predicted octanol–water partition coefficient (Wildman–Crippen LogP) is 5.27. The van der Waals surface area contributed by atoms with Crippen LogP contribution >= 0.6 is 0 Å². The van der Waals surface area contributed by atoms with Gasteiger partial charge in [-0.25, -0.2) is 0 Å². The summed E-state index contributed by atoms with van der Waals surface area (Å²) in [4.78, 5) is 0. The molecule has 92 valence electrons. The molecule has 0 N–H and O–H groups in total. The molecule has 0 aromatic heterocycles. The minimum atomic E-state index is 0.0815. The average molecular weight is 228 g/mol. The molecule has 0 nitrogen and oxygen atoms in total. The molecule has 0 bridgehead atoms. The first kappa shape index (κ1) is 13.8. The smallest absolute Gasteiger partial charge is 0.0164 e. The van der Waals surface area contributed by atoms with Gasteiger partial charge in [-0.1, -0.05) is 68.7 Å². The summed E-state index contributed by atoms with van der Waals surface area (Å²) in [7, 11) is 0. The number of allylic oxidation sites excluding steroid dienone is 2. The van der Waals surface area contributed by atoms with Crippen LogP contribution < -0.4 is 0 Å². The monoisotopic (exact) mass is 228 g/mol. The van der Waals surface area contributed by atoms with Crippen LogP contribution in [0, 0.1) is 0 Å². The number of unbranched alkanes of at least 4 members (excludes halogenated alkanes) is 2. The van der Waals surface area contributed by atoms with Crippen LogP contribution in [-0.2, 0) is 5.41 Å². The van der Waals surface area contributed by atoms with Crippen molar-refractivity contribution in [2.75, 3.05) is 0 Å². The minimum absolute atomic E-state index is 0.0815. The topological polar surface area (TPSA) is 0 Å². The molecule has 0 heteroatoms. The Balaban J connectivity index is 2.91. The molecular formula is C17H24. The third-order valence-corrected chi connectivity index (χ3v) is 3.47. The molecule has 0 saturated carbocycles. The van der Waals surface area contributed by atoms with Crippen molar-refractivity contribution < 1.29 is 0 Å². The Kier molecular flexibility index (Phi) is 5.76. The van der Waals surface area contributed by atoms with Gasteiger partial charge in [-0.2, -0.15) is 0 Å². The lowest BCUT2D eigenvalue weighted by atomic mass is 9.74. The molecule has 1 unspecified atom stereocenters. The molecule has 0 spiro atoms. The van der Waals surface area contributed by atoms with Crippen LogP contribution in [0.25, 0.3) is 0 Å². The van der Waals surface area contributed by atoms with Gasteiger partial charge in [-0.15, -0.1) is 13.2 Å². The van der Waals surface area contributed by atoms with E-state index < -0.39 is 0 Å². The second-order valence-electron chi connectivity index (χ2n) is 4.68. The third kappa shape index (κ3) is 3.59. The second-order valence-corrected chi connectivity index (χ2v) is 4.68. The van der Waals surface area contributed by atoms with Gasteiger partial charge in [-0.05, 0) is 18.4 Å². The highest BCUT2D eigenvalue weighted by Crippen LogP contribution is 2.35. The zero-order valence-electron chi connectivity index (χ0n) is 11.0. The summed E-state index contributed by atoms with van der Waals surface area (Å²) in [6.07, 6.45) is 10.1. The van der Waals surface area contributed by atoms with Gasteiger partial charge in [0, 0.05) is 5.41 Å². The number of hydrogen-bond acceptors (Lipinski definition) is 0. The van der Waals surface area contributed by atoms with E-state index in [-0.39, 0.29) is 5.41 Å². The highest BCUT2D eigenvalue weighted by Gasteiger charge is 2.26. The van der Waals surface area contributed by atoms with Crippen molar-refractivity contribution in [3.63, 3.8) is 0 Å². The Morgan fingerprint density at radius 3 is 2.35 bits per heavy atom. The maximum Gasteiger partial charge on any atom is 0.0164 e. The molecule has 0 amide bonds. The van der Waals surface area contributed by atoms with Crippen LogP contribution in [0.3, 0.4) is 0 Å². The number of benzene rings is 1. The van der Waals surface area contributed by atoms with E-state index in [1.54, 1.807) is 0 Å². The molecule has 1 atom stereocenters. The summed E-state index contributed by atoms with van der Waals surface area (Å²) < 4.78 is 0. The summed E-state index contributed by atoms with van der Waals surface area (Å²) >= 11 is 0. The van der Waals surface area contributed by atoms with E-state index in [0.717, 1.165) is 6.42 Å². The fourth-order valence-electron chi connectivity index (χ4n) is 2.39. The largest absolute Gasteiger partial charge is 0.103 e. The van der Waals surface area contributed by atoms with Gasteiger partial charge < -0.3 is 0 Å². The Labute approximate surface area is 106 Å². The second kappa shape index (κ2) is 7.11. The first-order valence-corrected chi connectivity index (χ1v) is 6.59. The van der Waals surface area contributed by atoms with E-state index in [9.17, 15) is 0 Å². The molecule has 0 saturated heterocycles. The summed E-state index contributed by atoms with van der Waals surface area (Å²) in [5.74, 6) is 0. The number of hydrogen-bond donors (Lipinski definition) is 0. The van der Waals surface area contributed by atoms with E-state index >= 15 is 0 Å². The standard InChI is InChI=1S/C17H24/c1-4-7-11-15-17(6-3,14-5-2)16-12-9-8-10-13-16/h5-6,8-10,12-13H,2-4,7,11,14-15H2,1H3. The van der Waals surface area contributed by atoms with Crippen molar-refractivity contribution in [1.82, 2.24) is 0 Å². The lowest BCUT2D eigenvalue weighted by molar-refractivity contribution is 0.465. The van der Waals surface area contributed by atoms with Gasteiger partial charge in [0.1, 0.15) is 0 Å². The van der Waals surface area contributed by atoms with Gasteiger partial charge in [0.2, 0.25) is 0 Å². The van der Waals surface area contributed by atoms with Crippen LogP contribution in [0.5, 0.6) is 0 Å². The van der Waals surface area contributed by atoms with Crippen LogP contribution in [-0.4, -0.2) is 0 Å². The average Bonchev–Trinajstić information content (AvgIpc) is 2.39. The van der Waals surface area contributed by atoms with Crippen molar-refractivity contribution in [2.24, 2.45) is 0 Å². The molecule has 0 heterocycles. The molecule has 0 aliphatic rings. The van der Waals surface area contributed by atoms with Gasteiger partial charge in [-0.3, -0.25) is 0 Å². The van der Waals surface area contributed by atoms with E-state index in [1.165, 1.54) is 31.2 Å². The Bertz CT molecular complexity index is 336. The number of rotatable bonds is 8. The van der Waals surface area contributed by atoms with E-state index in [4.69, 9.17) is 0 Å². The molecule has 0 aliphatic heterocycles. The molecule has 0 radical (unpaired) electrons. The first-order valence-electron chi connectivity index (χ1n) is 6.59. The van der Waals surface area contributed by atoms with Crippen molar-refractivity contribution in [3.8, 4) is 0 Å². The van der Waals surface area contributed by atoms with Gasteiger partial charge in [0.05, 0.1) is 0 Å². The fourth-order valence-corrected chi connectivity index (χ4v) is 2.39. The van der Waals surface area contributed by atoms with E-state index in [1.807, 2.05) is 6.08 Å². The molecular weight excluding hydrogens is 204 g/mol. The molecule has 1 aromatic carbocycles. The van der Waals surface area contributed by atoms with Gasteiger partial charge in [0.25, 0.3) is 0 Å². The van der Waals surface area contributed by atoms with Crippen LogP contribution in [0.15, 0.2) is 55.6 Å². The Morgan fingerprint density at radius 1 is 1.12 bits per heavy atom. The molecule has 1 aromatic rings. The van der Waals surface area contributed by atoms with E-state index in [2.05, 4.69) is 56.5 Å². The van der Waals surface area contributed by atoms with Gasteiger partial charge >= 0.3 is 0 Å². The quantitative estimate of drug-likeness (QED) is 0.420. The van der Waals surface area contributed by atoms with Crippen LogP contribution in [0.1, 0.15) is 44.6 Å². The zero-order chi connectivity index (χ0) is 12.6. The summed E-state index contributed by atoms with van der Waals surface area (Å²) in [5, 5.41) is 0. The van der Waals surface area contributed by atoms with Crippen molar-refractivity contribution in [3.05, 3.63) is 61.2 Å². The van der Waals surface area contributed by atoms with Gasteiger partial charge in [0.15, 0.2) is 0 Å². The van der Waals surface area contributed by atoms with Crippen LogP contribution in [0.4, 0.5) is 0 Å². The molecule has 1 rings (SSSR count). The van der Waals surface area contributed by atoms with Crippen molar-refractivity contribution >= 4 is 0 Å². The summed E-state index contributed by atoms with van der Waals surface area (Å²) in [6, 6.07) is 10.7. The van der Waals surface area contributed by atoms with Crippen molar-refractivity contribution in [2.45, 2.75) is 44.4 Å². The minimum Gasteiger partial charge on any atom is -0.103 e. The lowest BCUT2D eigenvalue weighted by Gasteiger charge is -2.30. The third-order valence-electron chi connectivity index (χ3n) is 3.47. The molecule has 0 fully saturated rings. The summed E-state index contributed by atoms with van der Waals surface area (Å²) in [6.45, 7) is 10.2. The summed E-state index contributed by atoms with van der Waals surface area (Å²) in [5.41, 5.74) is 1.45. The SMILES string of the molecule is C=CCC(C=C)(CCCCC)c1ccccc1. The normalized spacial score (nSPS) is 13.9. The first-order chi connectivity index (χ1) is 8.29. The maximum atomic E-state index is 4.06. The zero-order valence-corrected chi connectivity index (χ0v) is 11.0. The predicted molar refractivity (Wildman–Crippen MR) is 77.3 cm³/mol. The highest BCUT2D eigenvalue weighted by molar-refractivity contribution is 5.31. The Hall–Kier alpha value is -1.30. The lowest BCUT2D eigenvalue weighted by Crippen LogP contribution is -2.22. The van der Waals surface area contributed by atoms with E-state index in [0.29, 0.717) is 0 Å². The highest BCUT2D eigenvalue weighted by atomic mass is 14.3.